The SMILES string of the molecule is COC1CCC(C#N)(N2CCC(NC(=O)OC(C)(C)C)CC2)CC1. The van der Waals surface area contributed by atoms with Crippen molar-refractivity contribution in [1.82, 2.24) is 10.2 Å². The number of alkyl carbamates (subject to hydrolysis) is 1. The van der Waals surface area contributed by atoms with Gasteiger partial charge in [0.25, 0.3) is 0 Å². The Morgan fingerprint density at radius 2 is 1.79 bits per heavy atom. The van der Waals surface area contributed by atoms with Gasteiger partial charge in [0.2, 0.25) is 0 Å². The van der Waals surface area contributed by atoms with E-state index in [1.165, 1.54) is 0 Å². The van der Waals surface area contributed by atoms with Crippen molar-refractivity contribution in [2.75, 3.05) is 20.2 Å². The molecule has 136 valence electrons. The van der Waals surface area contributed by atoms with E-state index in [0.717, 1.165) is 51.6 Å². The van der Waals surface area contributed by atoms with Crippen LogP contribution in [-0.4, -0.2) is 54.5 Å². The second kappa shape index (κ2) is 7.71. The lowest BCUT2D eigenvalue weighted by atomic mass is 9.79. The van der Waals surface area contributed by atoms with Crippen LogP contribution in [0, 0.1) is 11.3 Å². The Morgan fingerprint density at radius 3 is 2.25 bits per heavy atom. The molecule has 1 heterocycles. The number of likely N-dealkylation sites (tertiary alicyclic amines) is 1. The molecule has 1 aliphatic heterocycles. The third-order valence-corrected chi connectivity index (χ3v) is 5.12. The lowest BCUT2D eigenvalue weighted by Crippen LogP contribution is -2.56. The number of ether oxygens (including phenoxy) is 2. The zero-order chi connectivity index (χ0) is 17.8. The van der Waals surface area contributed by atoms with Crippen molar-refractivity contribution in [3.63, 3.8) is 0 Å². The molecule has 24 heavy (non-hydrogen) atoms. The first-order valence-electron chi connectivity index (χ1n) is 8.96. The van der Waals surface area contributed by atoms with Gasteiger partial charge < -0.3 is 14.8 Å². The zero-order valence-electron chi connectivity index (χ0n) is 15.4. The second-order valence-corrected chi connectivity index (χ2v) is 7.99. The number of amides is 1. The quantitative estimate of drug-likeness (QED) is 0.857. The van der Waals surface area contributed by atoms with Gasteiger partial charge in [-0.2, -0.15) is 5.26 Å². The third-order valence-electron chi connectivity index (χ3n) is 5.12. The lowest BCUT2D eigenvalue weighted by Gasteiger charge is -2.46. The van der Waals surface area contributed by atoms with Crippen LogP contribution in [-0.2, 0) is 9.47 Å². The number of nitrogens with zero attached hydrogens (tertiary/aromatic N) is 2. The van der Waals surface area contributed by atoms with Gasteiger partial charge in [-0.05, 0) is 59.3 Å². The van der Waals surface area contributed by atoms with E-state index in [-0.39, 0.29) is 23.8 Å². The molecule has 0 radical (unpaired) electrons. The fourth-order valence-electron chi connectivity index (χ4n) is 3.73. The Bertz CT molecular complexity index is 465. The second-order valence-electron chi connectivity index (χ2n) is 7.99. The van der Waals surface area contributed by atoms with Crippen molar-refractivity contribution >= 4 is 6.09 Å². The van der Waals surface area contributed by atoms with E-state index in [9.17, 15) is 10.1 Å². The molecule has 0 bridgehead atoms. The number of nitriles is 1. The summed E-state index contributed by atoms with van der Waals surface area (Å²) in [7, 11) is 1.75. The van der Waals surface area contributed by atoms with Crippen molar-refractivity contribution in [3.8, 4) is 6.07 Å². The molecule has 1 saturated carbocycles. The minimum Gasteiger partial charge on any atom is -0.444 e. The molecule has 0 spiro atoms. The average Bonchev–Trinajstić information content (AvgIpc) is 2.54. The molecule has 6 heteroatoms. The van der Waals surface area contributed by atoms with Crippen LogP contribution in [0.15, 0.2) is 0 Å². The first-order valence-corrected chi connectivity index (χ1v) is 8.96. The Kier molecular flexibility index (Phi) is 6.11. The van der Waals surface area contributed by atoms with Gasteiger partial charge in [0.15, 0.2) is 0 Å². The van der Waals surface area contributed by atoms with Crippen molar-refractivity contribution in [1.29, 1.82) is 5.26 Å². The van der Waals surface area contributed by atoms with Crippen molar-refractivity contribution in [2.45, 2.75) is 82.6 Å². The van der Waals surface area contributed by atoms with E-state index >= 15 is 0 Å². The first kappa shape index (κ1) is 19.0. The van der Waals surface area contributed by atoms with Crippen LogP contribution in [0.4, 0.5) is 4.79 Å². The van der Waals surface area contributed by atoms with Gasteiger partial charge >= 0.3 is 6.09 Å². The Hall–Kier alpha value is -1.32. The summed E-state index contributed by atoms with van der Waals surface area (Å²) in [6.07, 6.45) is 5.28. The van der Waals surface area contributed by atoms with E-state index in [4.69, 9.17) is 9.47 Å². The van der Waals surface area contributed by atoms with Gasteiger partial charge in [0.05, 0.1) is 12.2 Å². The van der Waals surface area contributed by atoms with Gasteiger partial charge in [-0.15, -0.1) is 0 Å². The summed E-state index contributed by atoms with van der Waals surface area (Å²) in [6.45, 7) is 7.27. The highest BCUT2D eigenvalue weighted by atomic mass is 16.6. The molecule has 0 aromatic carbocycles. The van der Waals surface area contributed by atoms with Crippen LogP contribution in [0.3, 0.4) is 0 Å². The minimum atomic E-state index is -0.477. The number of carbonyl (C=O) groups excluding carboxylic acids is 1. The van der Waals surface area contributed by atoms with Crippen LogP contribution in [0.2, 0.25) is 0 Å². The van der Waals surface area contributed by atoms with E-state index in [1.807, 2.05) is 20.8 Å². The highest BCUT2D eigenvalue weighted by Crippen LogP contribution is 2.36. The molecule has 2 rings (SSSR count). The number of carbonyl (C=O) groups is 1. The van der Waals surface area contributed by atoms with E-state index < -0.39 is 5.60 Å². The number of hydrogen-bond donors (Lipinski definition) is 1. The monoisotopic (exact) mass is 337 g/mol. The largest absolute Gasteiger partial charge is 0.444 e. The highest BCUT2D eigenvalue weighted by Gasteiger charge is 2.42. The van der Waals surface area contributed by atoms with Crippen LogP contribution in [0.1, 0.15) is 59.3 Å². The van der Waals surface area contributed by atoms with Gasteiger partial charge in [0, 0.05) is 26.2 Å². The summed E-state index contributed by atoms with van der Waals surface area (Å²) in [5, 5.41) is 12.7. The number of piperidine rings is 1. The molecule has 2 fully saturated rings. The molecule has 0 unspecified atom stereocenters. The lowest BCUT2D eigenvalue weighted by molar-refractivity contribution is 0.00293. The fourth-order valence-corrected chi connectivity index (χ4v) is 3.73. The molecular formula is C18H31N3O3. The summed E-state index contributed by atoms with van der Waals surface area (Å²) in [5.74, 6) is 0. The zero-order valence-corrected chi connectivity index (χ0v) is 15.4. The van der Waals surface area contributed by atoms with Crippen molar-refractivity contribution < 1.29 is 14.3 Å². The maximum Gasteiger partial charge on any atom is 0.407 e. The summed E-state index contributed by atoms with van der Waals surface area (Å²) < 4.78 is 10.7. The molecule has 6 nitrogen and oxygen atoms in total. The molecule has 1 aliphatic carbocycles. The molecule has 0 atom stereocenters. The number of methoxy groups -OCH3 is 1. The van der Waals surface area contributed by atoms with Crippen molar-refractivity contribution in [3.05, 3.63) is 0 Å². The van der Waals surface area contributed by atoms with Crippen molar-refractivity contribution in [2.24, 2.45) is 0 Å². The number of nitrogens with one attached hydrogen (secondary N) is 1. The summed E-state index contributed by atoms with van der Waals surface area (Å²) >= 11 is 0. The van der Waals surface area contributed by atoms with Gasteiger partial charge in [0.1, 0.15) is 11.1 Å². The standard InChI is InChI=1S/C18H31N3O3/c1-17(2,3)24-16(22)20-14-7-11-21(12-8-14)18(13-19)9-5-15(23-4)6-10-18/h14-15H,5-12H2,1-4H3,(H,20,22). The smallest absolute Gasteiger partial charge is 0.407 e. The highest BCUT2D eigenvalue weighted by molar-refractivity contribution is 5.68. The summed E-state index contributed by atoms with van der Waals surface area (Å²) in [4.78, 5) is 14.2. The van der Waals surface area contributed by atoms with Crippen LogP contribution >= 0.6 is 0 Å². The van der Waals surface area contributed by atoms with E-state index in [1.54, 1.807) is 7.11 Å². The maximum atomic E-state index is 11.9. The third kappa shape index (κ3) is 4.84. The average molecular weight is 337 g/mol. The van der Waals surface area contributed by atoms with Crippen LogP contribution < -0.4 is 5.32 Å². The van der Waals surface area contributed by atoms with Gasteiger partial charge in [-0.3, -0.25) is 4.90 Å². The van der Waals surface area contributed by atoms with E-state index in [0.29, 0.717) is 0 Å². The Balaban J connectivity index is 1.83. The molecule has 0 aromatic rings. The van der Waals surface area contributed by atoms with E-state index in [2.05, 4.69) is 16.3 Å². The molecular weight excluding hydrogens is 306 g/mol. The van der Waals surface area contributed by atoms with Gasteiger partial charge in [-0.1, -0.05) is 0 Å². The molecule has 2 aliphatic rings. The fraction of sp³-hybridized carbons (Fsp3) is 0.889. The molecule has 0 aromatic heterocycles. The molecule has 1 N–H and O–H groups in total. The number of rotatable bonds is 3. The minimum absolute atomic E-state index is 0.127. The number of hydrogen-bond acceptors (Lipinski definition) is 5. The maximum absolute atomic E-state index is 11.9. The van der Waals surface area contributed by atoms with Crippen LogP contribution in [0.25, 0.3) is 0 Å². The topological polar surface area (TPSA) is 74.6 Å². The summed E-state index contributed by atoms with van der Waals surface area (Å²) in [5.41, 5.74) is -0.832. The summed E-state index contributed by atoms with van der Waals surface area (Å²) in [6, 6.07) is 2.70. The predicted octanol–water partition coefficient (Wildman–Crippen LogP) is 2.83. The first-order chi connectivity index (χ1) is 11.3. The normalized spacial score (nSPS) is 29.7. The molecule has 1 saturated heterocycles. The Morgan fingerprint density at radius 1 is 1.21 bits per heavy atom. The van der Waals surface area contributed by atoms with Gasteiger partial charge in [-0.25, -0.2) is 4.79 Å². The van der Waals surface area contributed by atoms with Crippen LogP contribution in [0.5, 0.6) is 0 Å². The predicted molar refractivity (Wildman–Crippen MR) is 91.6 cm³/mol. The Labute approximate surface area is 145 Å². The molecule has 1 amide bonds.